The number of nitrogens with one attached hydrogen (secondary N) is 1. The normalized spacial score (nSPS) is 20.4. The van der Waals surface area contributed by atoms with Gasteiger partial charge in [-0.3, -0.25) is 4.79 Å². The first-order valence-corrected chi connectivity index (χ1v) is 6.63. The van der Waals surface area contributed by atoms with Crippen molar-refractivity contribution >= 4 is 5.91 Å². The van der Waals surface area contributed by atoms with E-state index in [9.17, 15) is 4.79 Å². The van der Waals surface area contributed by atoms with Crippen molar-refractivity contribution in [2.24, 2.45) is 5.73 Å². The molecule has 0 bridgehead atoms. The number of amides is 1. The highest BCUT2D eigenvalue weighted by atomic mass is 16.1. The van der Waals surface area contributed by atoms with Gasteiger partial charge in [0.15, 0.2) is 0 Å². The molecule has 4 nitrogen and oxygen atoms in total. The van der Waals surface area contributed by atoms with E-state index in [1.165, 1.54) is 19.3 Å². The lowest BCUT2D eigenvalue weighted by molar-refractivity contribution is -0.124. The molecule has 0 aromatic rings. The van der Waals surface area contributed by atoms with E-state index in [4.69, 9.17) is 5.73 Å². The summed E-state index contributed by atoms with van der Waals surface area (Å²) in [5.74, 6) is -0.256. The first kappa shape index (κ1) is 14.5. The van der Waals surface area contributed by atoms with E-state index in [1.54, 1.807) is 0 Å². The highest BCUT2D eigenvalue weighted by molar-refractivity contribution is 5.84. The molecule has 3 N–H and O–H groups in total. The van der Waals surface area contributed by atoms with Crippen LogP contribution in [0.2, 0.25) is 0 Å². The van der Waals surface area contributed by atoms with Crippen LogP contribution in [0.25, 0.3) is 0 Å². The van der Waals surface area contributed by atoms with Crippen LogP contribution in [0.1, 0.15) is 46.5 Å². The lowest BCUT2D eigenvalue weighted by Gasteiger charge is -2.37. The molecule has 0 aliphatic heterocycles. The number of hydrogen-bond acceptors (Lipinski definition) is 3. The lowest BCUT2D eigenvalue weighted by Crippen LogP contribution is -2.57. The fourth-order valence-corrected chi connectivity index (χ4v) is 2.31. The summed E-state index contributed by atoms with van der Waals surface area (Å²) in [6, 6.07) is 0.979. The summed E-state index contributed by atoms with van der Waals surface area (Å²) in [5.41, 5.74) is 4.92. The van der Waals surface area contributed by atoms with Crippen LogP contribution in [-0.2, 0) is 4.79 Å². The lowest BCUT2D eigenvalue weighted by atomic mass is 9.90. The molecular formula is C13H27N3O. The fourth-order valence-electron chi connectivity index (χ4n) is 2.31. The molecule has 0 saturated heterocycles. The molecule has 1 unspecified atom stereocenters. The van der Waals surface area contributed by atoms with Crippen LogP contribution >= 0.6 is 0 Å². The molecule has 0 radical (unpaired) electrons. The maximum Gasteiger partial charge on any atom is 0.237 e. The number of primary amides is 1. The van der Waals surface area contributed by atoms with Crippen molar-refractivity contribution in [2.45, 2.75) is 64.1 Å². The van der Waals surface area contributed by atoms with Gasteiger partial charge in [0, 0.05) is 18.6 Å². The van der Waals surface area contributed by atoms with Crippen LogP contribution in [0.15, 0.2) is 0 Å². The Balaban J connectivity index is 2.45. The van der Waals surface area contributed by atoms with Crippen molar-refractivity contribution in [3.05, 3.63) is 0 Å². The average molecular weight is 241 g/mol. The smallest absolute Gasteiger partial charge is 0.237 e. The van der Waals surface area contributed by atoms with Gasteiger partial charge in [-0.2, -0.15) is 0 Å². The Morgan fingerprint density at radius 3 is 2.47 bits per heavy atom. The summed E-state index contributed by atoms with van der Waals surface area (Å²) >= 11 is 0. The predicted molar refractivity (Wildman–Crippen MR) is 70.8 cm³/mol. The van der Waals surface area contributed by atoms with Crippen LogP contribution in [0.5, 0.6) is 0 Å². The maximum absolute atomic E-state index is 11.6. The Labute approximate surface area is 105 Å². The van der Waals surface area contributed by atoms with Crippen molar-refractivity contribution in [1.82, 2.24) is 10.2 Å². The van der Waals surface area contributed by atoms with Crippen molar-refractivity contribution < 1.29 is 4.79 Å². The molecule has 1 aliphatic carbocycles. The third kappa shape index (κ3) is 3.96. The van der Waals surface area contributed by atoms with Gasteiger partial charge < -0.3 is 16.0 Å². The first-order chi connectivity index (χ1) is 7.85. The number of nitrogens with two attached hydrogens (primary N) is 1. The Morgan fingerprint density at radius 2 is 2.12 bits per heavy atom. The van der Waals surface area contributed by atoms with Gasteiger partial charge in [0.05, 0.1) is 5.54 Å². The number of nitrogens with zero attached hydrogens (tertiary/aromatic N) is 1. The molecule has 0 aromatic carbocycles. The van der Waals surface area contributed by atoms with Gasteiger partial charge in [0.1, 0.15) is 0 Å². The second-order valence-corrected chi connectivity index (χ2v) is 5.81. The molecule has 17 heavy (non-hydrogen) atoms. The van der Waals surface area contributed by atoms with E-state index < -0.39 is 5.54 Å². The van der Waals surface area contributed by atoms with Crippen LogP contribution in [0.4, 0.5) is 0 Å². The molecule has 100 valence electrons. The summed E-state index contributed by atoms with van der Waals surface area (Å²) in [6.07, 6.45) is 4.70. The van der Waals surface area contributed by atoms with Crippen LogP contribution < -0.4 is 11.1 Å². The van der Waals surface area contributed by atoms with Crippen molar-refractivity contribution in [3.8, 4) is 0 Å². The Hall–Kier alpha value is -0.610. The molecular weight excluding hydrogens is 214 g/mol. The van der Waals surface area contributed by atoms with E-state index in [-0.39, 0.29) is 11.9 Å². The second-order valence-electron chi connectivity index (χ2n) is 5.81. The van der Waals surface area contributed by atoms with E-state index in [0.29, 0.717) is 6.04 Å². The molecule has 1 saturated carbocycles. The summed E-state index contributed by atoms with van der Waals surface area (Å²) in [4.78, 5) is 13.9. The molecule has 1 amide bonds. The predicted octanol–water partition coefficient (Wildman–Crippen LogP) is 1.10. The Kier molecular flexibility index (Phi) is 4.95. The third-order valence-corrected chi connectivity index (χ3v) is 3.81. The van der Waals surface area contributed by atoms with Crippen LogP contribution in [0.3, 0.4) is 0 Å². The van der Waals surface area contributed by atoms with Crippen LogP contribution in [-0.4, -0.2) is 42.0 Å². The number of carbonyl (C=O) groups excluding carboxylic acids is 1. The largest absolute Gasteiger partial charge is 0.368 e. The van der Waals surface area contributed by atoms with Gasteiger partial charge in [0.2, 0.25) is 5.91 Å². The van der Waals surface area contributed by atoms with Gasteiger partial charge in [0.25, 0.3) is 0 Å². The number of hydrogen-bond donors (Lipinski definition) is 2. The van der Waals surface area contributed by atoms with Crippen molar-refractivity contribution in [2.75, 3.05) is 13.6 Å². The van der Waals surface area contributed by atoms with Gasteiger partial charge in [-0.15, -0.1) is 0 Å². The minimum absolute atomic E-state index is 0.256. The molecule has 1 atom stereocenters. The van der Waals surface area contributed by atoms with Crippen molar-refractivity contribution in [3.63, 3.8) is 0 Å². The molecule has 0 spiro atoms. The fraction of sp³-hybridized carbons (Fsp3) is 0.923. The second kappa shape index (κ2) is 5.83. The zero-order chi connectivity index (χ0) is 13.1. The Morgan fingerprint density at radius 1 is 1.53 bits per heavy atom. The first-order valence-electron chi connectivity index (χ1n) is 6.63. The van der Waals surface area contributed by atoms with E-state index in [1.807, 2.05) is 20.8 Å². The van der Waals surface area contributed by atoms with Gasteiger partial charge in [-0.25, -0.2) is 0 Å². The van der Waals surface area contributed by atoms with Gasteiger partial charge in [-0.05, 0) is 47.1 Å². The topological polar surface area (TPSA) is 58.4 Å². The maximum atomic E-state index is 11.6. The standard InChI is InChI=1S/C13H27N3O/c1-10(2)15-13(3,12(14)17)8-9-16(4)11-6-5-7-11/h10-11,15H,5-9H2,1-4H3,(H2,14,17). The average Bonchev–Trinajstić information content (AvgIpc) is 2.10. The third-order valence-electron chi connectivity index (χ3n) is 3.81. The highest BCUT2D eigenvalue weighted by Crippen LogP contribution is 2.24. The SMILES string of the molecule is CC(C)NC(C)(CCN(C)C1CCC1)C(N)=O. The summed E-state index contributed by atoms with van der Waals surface area (Å²) in [6.45, 7) is 6.90. The molecule has 1 aliphatic rings. The van der Waals surface area contributed by atoms with E-state index in [2.05, 4.69) is 17.3 Å². The van der Waals surface area contributed by atoms with Gasteiger partial charge in [-0.1, -0.05) is 6.42 Å². The highest BCUT2D eigenvalue weighted by Gasteiger charge is 2.32. The summed E-state index contributed by atoms with van der Waals surface area (Å²) < 4.78 is 0. The zero-order valence-corrected chi connectivity index (χ0v) is 11.6. The summed E-state index contributed by atoms with van der Waals surface area (Å²) in [7, 11) is 2.14. The molecule has 1 fully saturated rings. The zero-order valence-electron chi connectivity index (χ0n) is 11.6. The van der Waals surface area contributed by atoms with Gasteiger partial charge >= 0.3 is 0 Å². The van der Waals surface area contributed by atoms with Crippen LogP contribution in [0, 0.1) is 0 Å². The molecule has 0 aromatic heterocycles. The minimum atomic E-state index is -0.591. The summed E-state index contributed by atoms with van der Waals surface area (Å²) in [5, 5.41) is 3.28. The van der Waals surface area contributed by atoms with E-state index in [0.717, 1.165) is 13.0 Å². The quantitative estimate of drug-likeness (QED) is 0.702. The Bertz CT molecular complexity index is 263. The van der Waals surface area contributed by atoms with Crippen molar-refractivity contribution in [1.29, 1.82) is 0 Å². The number of rotatable bonds is 7. The molecule has 0 heterocycles. The minimum Gasteiger partial charge on any atom is -0.368 e. The monoisotopic (exact) mass is 241 g/mol. The molecule has 4 heteroatoms. The molecule has 1 rings (SSSR count). The number of carbonyl (C=O) groups is 1. The van der Waals surface area contributed by atoms with E-state index >= 15 is 0 Å².